The van der Waals surface area contributed by atoms with Crippen molar-refractivity contribution in [2.24, 2.45) is 5.92 Å². The fourth-order valence-electron chi connectivity index (χ4n) is 4.38. The summed E-state index contributed by atoms with van der Waals surface area (Å²) in [6.45, 7) is 9.01. The second-order valence-electron chi connectivity index (χ2n) is 8.08. The number of amides is 2. The minimum absolute atomic E-state index is 0.0797. The smallest absolute Gasteiger partial charge is 0.253 e. The lowest BCUT2D eigenvalue weighted by Gasteiger charge is -2.36. The molecule has 2 aliphatic rings. The van der Waals surface area contributed by atoms with Gasteiger partial charge in [0.1, 0.15) is 0 Å². The van der Waals surface area contributed by atoms with Gasteiger partial charge in [0.05, 0.1) is 0 Å². The average Bonchev–Trinajstić information content (AvgIpc) is 3.29. The van der Waals surface area contributed by atoms with E-state index in [9.17, 15) is 9.59 Å². The van der Waals surface area contributed by atoms with E-state index < -0.39 is 0 Å². The van der Waals surface area contributed by atoms with Gasteiger partial charge in [-0.2, -0.15) is 0 Å². The number of hydrogen-bond acceptors (Lipinski definition) is 3. The number of nitrogens with zero attached hydrogens (tertiary/aromatic N) is 3. The van der Waals surface area contributed by atoms with E-state index in [4.69, 9.17) is 0 Å². The number of rotatable bonds is 7. The minimum atomic E-state index is 0.0797. The van der Waals surface area contributed by atoms with Crippen molar-refractivity contribution in [2.75, 3.05) is 44.2 Å². The summed E-state index contributed by atoms with van der Waals surface area (Å²) in [5.41, 5.74) is 1.92. The van der Waals surface area contributed by atoms with Crippen molar-refractivity contribution in [3.63, 3.8) is 0 Å². The molecule has 1 saturated carbocycles. The summed E-state index contributed by atoms with van der Waals surface area (Å²) < 4.78 is 0. The van der Waals surface area contributed by atoms with Crippen LogP contribution in [0, 0.1) is 5.92 Å². The molecule has 2 fully saturated rings. The third-order valence-electron chi connectivity index (χ3n) is 6.23. The molecule has 0 aromatic heterocycles. The zero-order valence-electron chi connectivity index (χ0n) is 17.5. The van der Waals surface area contributed by atoms with Gasteiger partial charge in [-0.15, -0.1) is 0 Å². The van der Waals surface area contributed by atoms with Gasteiger partial charge in [0.15, 0.2) is 0 Å². The van der Waals surface area contributed by atoms with Gasteiger partial charge in [0.2, 0.25) is 5.91 Å². The van der Waals surface area contributed by atoms with E-state index in [0.717, 1.165) is 31.5 Å². The maximum absolute atomic E-state index is 12.9. The van der Waals surface area contributed by atoms with Crippen LogP contribution in [0.3, 0.4) is 0 Å². The standard InChI is InChI=1S/C23H35N3O2/c1-3-5-14-24(4-2)21-12-10-20(11-13-21)23(28)26-17-15-25(16-18-26)22(27)19-8-6-7-9-19/h10-13,19H,3-9,14-18H2,1-2H3. The Morgan fingerprint density at radius 2 is 1.57 bits per heavy atom. The number of benzene rings is 1. The zero-order valence-corrected chi connectivity index (χ0v) is 17.5. The topological polar surface area (TPSA) is 43.9 Å². The van der Waals surface area contributed by atoms with Crippen molar-refractivity contribution in [2.45, 2.75) is 52.4 Å². The molecule has 1 aliphatic carbocycles. The molecule has 5 heteroatoms. The predicted molar refractivity (Wildman–Crippen MR) is 114 cm³/mol. The van der Waals surface area contributed by atoms with E-state index in [1.807, 2.05) is 21.9 Å². The Bertz CT molecular complexity index is 644. The van der Waals surface area contributed by atoms with Gasteiger partial charge in [-0.25, -0.2) is 0 Å². The first-order chi connectivity index (χ1) is 13.6. The van der Waals surface area contributed by atoms with Crippen LogP contribution in [0.5, 0.6) is 0 Å². The highest BCUT2D eigenvalue weighted by Crippen LogP contribution is 2.27. The van der Waals surface area contributed by atoms with E-state index in [1.54, 1.807) is 0 Å². The van der Waals surface area contributed by atoms with Gasteiger partial charge in [-0.1, -0.05) is 26.2 Å². The van der Waals surface area contributed by atoms with Gasteiger partial charge < -0.3 is 14.7 Å². The molecule has 0 radical (unpaired) electrons. The highest BCUT2D eigenvalue weighted by atomic mass is 16.2. The van der Waals surface area contributed by atoms with Crippen LogP contribution < -0.4 is 4.90 Å². The first kappa shape index (κ1) is 20.7. The monoisotopic (exact) mass is 385 g/mol. The lowest BCUT2D eigenvalue weighted by atomic mass is 10.1. The molecule has 0 bridgehead atoms. The van der Waals surface area contributed by atoms with Crippen LogP contribution in [0.2, 0.25) is 0 Å². The van der Waals surface area contributed by atoms with Crippen LogP contribution in [-0.2, 0) is 4.79 Å². The molecule has 1 saturated heterocycles. The summed E-state index contributed by atoms with van der Waals surface area (Å²) in [6, 6.07) is 8.02. The normalized spacial score (nSPS) is 17.8. The van der Waals surface area contributed by atoms with Crippen molar-refractivity contribution in [1.29, 1.82) is 0 Å². The minimum Gasteiger partial charge on any atom is -0.372 e. The highest BCUT2D eigenvalue weighted by molar-refractivity contribution is 5.94. The lowest BCUT2D eigenvalue weighted by molar-refractivity contribution is -0.136. The Morgan fingerprint density at radius 3 is 2.14 bits per heavy atom. The predicted octanol–water partition coefficient (Wildman–Crippen LogP) is 3.79. The summed E-state index contributed by atoms with van der Waals surface area (Å²) >= 11 is 0. The molecule has 5 nitrogen and oxygen atoms in total. The first-order valence-electron chi connectivity index (χ1n) is 11.1. The Kier molecular flexibility index (Phi) is 7.35. The van der Waals surface area contributed by atoms with Crippen molar-refractivity contribution >= 4 is 17.5 Å². The molecule has 1 aliphatic heterocycles. The number of carbonyl (C=O) groups excluding carboxylic acids is 2. The average molecular weight is 386 g/mol. The molecule has 2 amide bonds. The second kappa shape index (κ2) is 9.94. The number of piperazine rings is 1. The molecule has 1 heterocycles. The molecule has 154 valence electrons. The Morgan fingerprint density at radius 1 is 0.964 bits per heavy atom. The number of unbranched alkanes of at least 4 members (excludes halogenated alkanes) is 1. The fourth-order valence-corrected chi connectivity index (χ4v) is 4.38. The van der Waals surface area contributed by atoms with E-state index in [1.165, 1.54) is 31.4 Å². The SMILES string of the molecule is CCCCN(CC)c1ccc(C(=O)N2CCN(C(=O)C3CCCC3)CC2)cc1. The third kappa shape index (κ3) is 4.86. The molecule has 0 atom stereocenters. The highest BCUT2D eigenvalue weighted by Gasteiger charge is 2.30. The zero-order chi connectivity index (χ0) is 19.9. The van der Waals surface area contributed by atoms with Gasteiger partial charge in [0.25, 0.3) is 5.91 Å². The molecular weight excluding hydrogens is 350 g/mol. The third-order valence-corrected chi connectivity index (χ3v) is 6.23. The van der Waals surface area contributed by atoms with Gasteiger partial charge in [0, 0.05) is 56.4 Å². The van der Waals surface area contributed by atoms with Crippen molar-refractivity contribution in [3.8, 4) is 0 Å². The molecule has 1 aromatic rings. The Balaban J connectivity index is 1.54. The fraction of sp³-hybridized carbons (Fsp3) is 0.652. The van der Waals surface area contributed by atoms with E-state index in [0.29, 0.717) is 32.1 Å². The van der Waals surface area contributed by atoms with Crippen molar-refractivity contribution in [3.05, 3.63) is 29.8 Å². The largest absolute Gasteiger partial charge is 0.372 e. The quantitative estimate of drug-likeness (QED) is 0.717. The van der Waals surface area contributed by atoms with Crippen LogP contribution in [0.25, 0.3) is 0 Å². The summed E-state index contributed by atoms with van der Waals surface area (Å²) in [5.74, 6) is 0.612. The summed E-state index contributed by atoms with van der Waals surface area (Å²) in [4.78, 5) is 31.6. The summed E-state index contributed by atoms with van der Waals surface area (Å²) in [6.07, 6.45) is 6.80. The van der Waals surface area contributed by atoms with Gasteiger partial charge in [-0.3, -0.25) is 9.59 Å². The van der Waals surface area contributed by atoms with Crippen molar-refractivity contribution in [1.82, 2.24) is 9.80 Å². The molecule has 1 aromatic carbocycles. The van der Waals surface area contributed by atoms with Gasteiger partial charge >= 0.3 is 0 Å². The van der Waals surface area contributed by atoms with Crippen LogP contribution in [0.15, 0.2) is 24.3 Å². The number of carbonyl (C=O) groups is 2. The lowest BCUT2D eigenvalue weighted by Crippen LogP contribution is -2.51. The van der Waals surface area contributed by atoms with Crippen LogP contribution in [0.4, 0.5) is 5.69 Å². The van der Waals surface area contributed by atoms with Crippen LogP contribution >= 0.6 is 0 Å². The maximum Gasteiger partial charge on any atom is 0.253 e. The van der Waals surface area contributed by atoms with E-state index in [-0.39, 0.29) is 11.8 Å². The number of anilines is 1. The summed E-state index contributed by atoms with van der Waals surface area (Å²) in [5, 5.41) is 0. The second-order valence-corrected chi connectivity index (χ2v) is 8.08. The number of hydrogen-bond donors (Lipinski definition) is 0. The summed E-state index contributed by atoms with van der Waals surface area (Å²) in [7, 11) is 0. The van der Waals surface area contributed by atoms with Crippen molar-refractivity contribution < 1.29 is 9.59 Å². The maximum atomic E-state index is 12.9. The molecule has 3 rings (SSSR count). The van der Waals surface area contributed by atoms with E-state index in [2.05, 4.69) is 30.9 Å². The van der Waals surface area contributed by atoms with Crippen LogP contribution in [0.1, 0.15) is 62.7 Å². The molecule has 0 spiro atoms. The molecule has 28 heavy (non-hydrogen) atoms. The first-order valence-corrected chi connectivity index (χ1v) is 11.1. The Hall–Kier alpha value is -2.04. The molecular formula is C23H35N3O2. The van der Waals surface area contributed by atoms with E-state index >= 15 is 0 Å². The Labute approximate surface area is 169 Å². The molecule has 0 unspecified atom stereocenters. The molecule has 0 N–H and O–H groups in total. The van der Waals surface area contributed by atoms with Gasteiger partial charge in [-0.05, 0) is 50.5 Å². The van der Waals surface area contributed by atoms with Crippen LogP contribution in [-0.4, -0.2) is 60.9 Å².